The van der Waals surface area contributed by atoms with Gasteiger partial charge >= 0.3 is 0 Å². The first-order chi connectivity index (χ1) is 13.0. The molecule has 1 saturated heterocycles. The minimum Gasteiger partial charge on any atom is -0.420 e. The Morgan fingerprint density at radius 2 is 2.00 bits per heavy atom. The molecule has 1 aliphatic rings. The van der Waals surface area contributed by atoms with E-state index in [0.717, 1.165) is 26.2 Å². The molecule has 0 aromatic carbocycles. The van der Waals surface area contributed by atoms with Gasteiger partial charge in [-0.2, -0.15) is 8.61 Å². The van der Waals surface area contributed by atoms with Crippen molar-refractivity contribution in [3.8, 4) is 10.8 Å². The molecule has 12 nitrogen and oxygen atoms in total. The summed E-state index contributed by atoms with van der Waals surface area (Å²) in [6, 6.07) is 1.42. The van der Waals surface area contributed by atoms with Gasteiger partial charge in [0.05, 0.1) is 11.1 Å². The second-order valence-corrected chi connectivity index (χ2v) is 11.2. The third kappa shape index (κ3) is 3.94. The second kappa shape index (κ2) is 7.49. The monoisotopic (exact) mass is 451 g/mol. The Morgan fingerprint density at radius 1 is 1.29 bits per heavy atom. The fourth-order valence-electron chi connectivity index (χ4n) is 2.70. The summed E-state index contributed by atoms with van der Waals surface area (Å²) in [5.41, 5.74) is 1.40. The first kappa shape index (κ1) is 20.8. The van der Waals surface area contributed by atoms with Gasteiger partial charge in [-0.15, -0.1) is 21.5 Å². The summed E-state index contributed by atoms with van der Waals surface area (Å²) >= 11 is 0.876. The largest absolute Gasteiger partial charge is 0.420 e. The number of aromatic nitrogens is 2. The summed E-state index contributed by atoms with van der Waals surface area (Å²) in [6.45, 7) is 0.821. The van der Waals surface area contributed by atoms with Gasteiger partial charge in [0, 0.05) is 26.6 Å². The number of hydroxylamine groups is 1. The molecule has 2 aromatic heterocycles. The minimum absolute atomic E-state index is 0.0816. The molecule has 3 rings (SSSR count). The normalized spacial score (nSPS) is 19.6. The maximum absolute atomic E-state index is 13.1. The molecule has 1 aliphatic heterocycles. The predicted molar refractivity (Wildman–Crippen MR) is 96.4 cm³/mol. The highest BCUT2D eigenvalue weighted by molar-refractivity contribution is 7.91. The van der Waals surface area contributed by atoms with Gasteiger partial charge in [0.15, 0.2) is 0 Å². The SMILES string of the molecule is Cc1nnc(-c2ccc(S(=O)(=O)N3CCN(S(C)(=O)=O)C[C@@H]3C(=O)NO)s2)o1. The highest BCUT2D eigenvalue weighted by Gasteiger charge is 2.42. The molecule has 1 atom stereocenters. The molecule has 154 valence electrons. The molecule has 1 amide bonds. The van der Waals surface area contributed by atoms with Crippen LogP contribution in [0, 0.1) is 6.92 Å². The van der Waals surface area contributed by atoms with Crippen LogP contribution in [0.15, 0.2) is 20.8 Å². The van der Waals surface area contributed by atoms with Crippen molar-refractivity contribution in [2.75, 3.05) is 25.9 Å². The second-order valence-electron chi connectivity index (χ2n) is 5.97. The van der Waals surface area contributed by atoms with E-state index in [4.69, 9.17) is 9.62 Å². The number of nitrogens with one attached hydrogen (secondary N) is 1. The van der Waals surface area contributed by atoms with Gasteiger partial charge in [-0.25, -0.2) is 22.3 Å². The van der Waals surface area contributed by atoms with Crippen molar-refractivity contribution in [1.82, 2.24) is 24.3 Å². The maximum Gasteiger partial charge on any atom is 0.263 e. The lowest BCUT2D eigenvalue weighted by Crippen LogP contribution is -2.60. The molecular formula is C13H17N5O7S3. The van der Waals surface area contributed by atoms with E-state index in [9.17, 15) is 21.6 Å². The van der Waals surface area contributed by atoms with E-state index in [1.54, 1.807) is 6.92 Å². The lowest BCUT2D eigenvalue weighted by atomic mass is 10.2. The topological polar surface area (TPSA) is 163 Å². The zero-order chi connectivity index (χ0) is 20.7. The third-order valence-corrected chi connectivity index (χ3v) is 8.78. The number of sulfonamides is 2. The van der Waals surface area contributed by atoms with E-state index in [0.29, 0.717) is 10.8 Å². The number of carbonyl (C=O) groups is 1. The fourth-order valence-corrected chi connectivity index (χ4v) is 6.46. The van der Waals surface area contributed by atoms with Crippen LogP contribution in [0.5, 0.6) is 0 Å². The number of aryl methyl sites for hydroxylation is 1. The smallest absolute Gasteiger partial charge is 0.263 e. The summed E-state index contributed by atoms with van der Waals surface area (Å²) in [5.74, 6) is -0.541. The molecule has 0 unspecified atom stereocenters. The Morgan fingerprint density at radius 3 is 2.57 bits per heavy atom. The van der Waals surface area contributed by atoms with Gasteiger partial charge < -0.3 is 4.42 Å². The average Bonchev–Trinajstić information content (AvgIpc) is 3.29. The molecule has 2 N–H and O–H groups in total. The standard InChI is InChI=1S/C13H17N5O7S3/c1-8-14-15-13(25-8)10-3-4-11(26-10)28(23,24)18-6-5-17(27(2,21)22)7-9(18)12(19)16-20/h3-4,9,20H,5-7H2,1-2H3,(H,16,19)/t9-/m1/s1. The molecule has 0 bridgehead atoms. The Balaban J connectivity index is 1.93. The van der Waals surface area contributed by atoms with E-state index in [1.807, 2.05) is 0 Å². The molecule has 2 aromatic rings. The van der Waals surface area contributed by atoms with Crippen molar-refractivity contribution in [2.24, 2.45) is 0 Å². The molecule has 0 spiro atoms. The first-order valence-corrected chi connectivity index (χ1v) is 12.0. The Bertz CT molecular complexity index is 1090. The van der Waals surface area contributed by atoms with Crippen LogP contribution in [0.4, 0.5) is 0 Å². The highest BCUT2D eigenvalue weighted by Crippen LogP contribution is 2.33. The van der Waals surface area contributed by atoms with E-state index in [1.165, 1.54) is 17.6 Å². The van der Waals surface area contributed by atoms with Crippen LogP contribution in [-0.4, -0.2) is 78.7 Å². The van der Waals surface area contributed by atoms with E-state index >= 15 is 0 Å². The number of thiophene rings is 1. The molecule has 0 radical (unpaired) electrons. The number of hydrogen-bond acceptors (Lipinski definition) is 10. The summed E-state index contributed by atoms with van der Waals surface area (Å²) in [7, 11) is -7.79. The maximum atomic E-state index is 13.1. The summed E-state index contributed by atoms with van der Waals surface area (Å²) < 4.78 is 56.7. The Labute approximate surface area is 164 Å². The molecule has 28 heavy (non-hydrogen) atoms. The Kier molecular flexibility index (Phi) is 5.57. The summed E-state index contributed by atoms with van der Waals surface area (Å²) in [6.07, 6.45) is 0.961. The van der Waals surface area contributed by atoms with Crippen LogP contribution in [0.2, 0.25) is 0 Å². The summed E-state index contributed by atoms with van der Waals surface area (Å²) in [4.78, 5) is 12.5. The van der Waals surface area contributed by atoms with E-state index in [-0.39, 0.29) is 23.2 Å². The van der Waals surface area contributed by atoms with Gasteiger partial charge in [0.2, 0.25) is 15.9 Å². The zero-order valence-electron chi connectivity index (χ0n) is 14.8. The molecular weight excluding hydrogens is 434 g/mol. The average molecular weight is 452 g/mol. The third-order valence-electron chi connectivity index (χ3n) is 4.06. The number of amides is 1. The van der Waals surface area contributed by atoms with Crippen LogP contribution in [0.1, 0.15) is 5.89 Å². The van der Waals surface area contributed by atoms with Crippen LogP contribution < -0.4 is 5.48 Å². The number of hydrogen-bond donors (Lipinski definition) is 2. The van der Waals surface area contributed by atoms with Crippen molar-refractivity contribution in [3.05, 3.63) is 18.0 Å². The molecule has 3 heterocycles. The number of rotatable bonds is 5. The minimum atomic E-state index is -4.15. The van der Waals surface area contributed by atoms with Gasteiger partial charge in [-0.1, -0.05) is 0 Å². The van der Waals surface area contributed by atoms with Crippen molar-refractivity contribution >= 4 is 37.3 Å². The lowest BCUT2D eigenvalue weighted by Gasteiger charge is -2.37. The van der Waals surface area contributed by atoms with Gasteiger partial charge in [-0.05, 0) is 12.1 Å². The van der Waals surface area contributed by atoms with E-state index < -0.39 is 38.5 Å². The van der Waals surface area contributed by atoms with Crippen LogP contribution >= 0.6 is 11.3 Å². The molecule has 1 fully saturated rings. The van der Waals surface area contributed by atoms with Crippen molar-refractivity contribution < 1.29 is 31.3 Å². The van der Waals surface area contributed by atoms with Crippen molar-refractivity contribution in [3.63, 3.8) is 0 Å². The zero-order valence-corrected chi connectivity index (χ0v) is 17.2. The van der Waals surface area contributed by atoms with Gasteiger partial charge in [0.1, 0.15) is 10.3 Å². The molecule has 15 heteroatoms. The van der Waals surface area contributed by atoms with Crippen LogP contribution in [0.25, 0.3) is 10.8 Å². The van der Waals surface area contributed by atoms with Crippen molar-refractivity contribution in [2.45, 2.75) is 17.2 Å². The lowest BCUT2D eigenvalue weighted by molar-refractivity contribution is -0.134. The van der Waals surface area contributed by atoms with E-state index in [2.05, 4.69) is 10.2 Å². The first-order valence-electron chi connectivity index (χ1n) is 7.85. The Hall–Kier alpha value is -1.91. The quantitative estimate of drug-likeness (QED) is 0.439. The fraction of sp³-hybridized carbons (Fsp3) is 0.462. The highest BCUT2D eigenvalue weighted by atomic mass is 32.2. The van der Waals surface area contributed by atoms with Crippen LogP contribution in [-0.2, 0) is 24.8 Å². The van der Waals surface area contributed by atoms with Crippen molar-refractivity contribution in [1.29, 1.82) is 0 Å². The number of piperazine rings is 1. The molecule has 0 aliphatic carbocycles. The summed E-state index contributed by atoms with van der Waals surface area (Å²) in [5, 5.41) is 16.5. The predicted octanol–water partition coefficient (Wildman–Crippen LogP) is -0.754. The number of carbonyl (C=O) groups excluding carboxylic acids is 1. The molecule has 0 saturated carbocycles. The van der Waals surface area contributed by atoms with Gasteiger partial charge in [-0.3, -0.25) is 10.0 Å². The van der Waals surface area contributed by atoms with Crippen LogP contribution in [0.3, 0.4) is 0 Å². The van der Waals surface area contributed by atoms with Gasteiger partial charge in [0.25, 0.3) is 21.8 Å². The number of nitrogens with zero attached hydrogens (tertiary/aromatic N) is 4.